The largest absolute Gasteiger partial charge is 0.285 e. The van der Waals surface area contributed by atoms with E-state index in [1.807, 2.05) is 0 Å². The molecule has 2 rings (SSSR count). The van der Waals surface area contributed by atoms with E-state index >= 15 is 0 Å². The molecule has 2 heteroatoms. The molecule has 1 aliphatic rings. The standard InChI is InChI=1S/C18H26N2/c1-3-16-8-10-17(11-9-16)14-18(2,15-19)20-12-6-4-5-7-13-20/h8-11H,3-7,12-14H2,1-2H3. The Morgan fingerprint density at radius 2 is 1.60 bits per heavy atom. The maximum Gasteiger partial charge on any atom is 0.110 e. The van der Waals surface area contributed by atoms with E-state index in [2.05, 4.69) is 49.1 Å². The number of hydrogen-bond donors (Lipinski definition) is 0. The monoisotopic (exact) mass is 270 g/mol. The summed E-state index contributed by atoms with van der Waals surface area (Å²) in [6.07, 6.45) is 6.97. The fraction of sp³-hybridized carbons (Fsp3) is 0.611. The molecule has 2 nitrogen and oxygen atoms in total. The molecule has 1 aromatic rings. The number of hydrogen-bond acceptors (Lipinski definition) is 2. The molecule has 1 saturated heterocycles. The Labute approximate surface area is 123 Å². The van der Waals surface area contributed by atoms with E-state index in [-0.39, 0.29) is 5.54 Å². The highest BCUT2D eigenvalue weighted by Crippen LogP contribution is 2.24. The Kier molecular flexibility index (Phi) is 5.20. The van der Waals surface area contributed by atoms with E-state index in [1.54, 1.807) is 0 Å². The summed E-state index contributed by atoms with van der Waals surface area (Å²) >= 11 is 0. The molecule has 1 atom stereocenters. The summed E-state index contributed by atoms with van der Waals surface area (Å²) in [6, 6.07) is 11.3. The van der Waals surface area contributed by atoms with E-state index in [0.717, 1.165) is 25.9 Å². The van der Waals surface area contributed by atoms with Gasteiger partial charge in [-0.2, -0.15) is 5.26 Å². The molecule has 0 amide bonds. The number of nitriles is 1. The zero-order chi connectivity index (χ0) is 14.4. The molecular formula is C18H26N2. The summed E-state index contributed by atoms with van der Waals surface area (Å²) in [5.74, 6) is 0. The summed E-state index contributed by atoms with van der Waals surface area (Å²) in [5, 5.41) is 9.70. The summed E-state index contributed by atoms with van der Waals surface area (Å²) in [6.45, 7) is 6.41. The highest BCUT2D eigenvalue weighted by atomic mass is 15.2. The molecule has 1 fully saturated rings. The van der Waals surface area contributed by atoms with Crippen LogP contribution in [0.4, 0.5) is 0 Å². The molecule has 0 aromatic heterocycles. The van der Waals surface area contributed by atoms with Crippen molar-refractivity contribution in [3.63, 3.8) is 0 Å². The zero-order valence-corrected chi connectivity index (χ0v) is 12.9. The molecule has 1 heterocycles. The van der Waals surface area contributed by atoms with Crippen molar-refractivity contribution in [3.8, 4) is 6.07 Å². The molecule has 0 saturated carbocycles. The number of benzene rings is 1. The first kappa shape index (κ1) is 15.1. The van der Waals surface area contributed by atoms with Crippen molar-refractivity contribution in [1.29, 1.82) is 5.26 Å². The van der Waals surface area contributed by atoms with Crippen LogP contribution >= 0.6 is 0 Å². The van der Waals surface area contributed by atoms with Gasteiger partial charge < -0.3 is 0 Å². The lowest BCUT2D eigenvalue weighted by Crippen LogP contribution is -2.47. The molecule has 1 unspecified atom stereocenters. The fourth-order valence-corrected chi connectivity index (χ4v) is 3.08. The minimum atomic E-state index is -0.363. The Morgan fingerprint density at radius 1 is 1.05 bits per heavy atom. The molecule has 108 valence electrons. The van der Waals surface area contributed by atoms with E-state index in [1.165, 1.54) is 36.8 Å². The summed E-state index contributed by atoms with van der Waals surface area (Å²) in [4.78, 5) is 2.40. The predicted molar refractivity (Wildman–Crippen MR) is 83.6 cm³/mol. The van der Waals surface area contributed by atoms with Gasteiger partial charge in [0.05, 0.1) is 6.07 Å². The average molecular weight is 270 g/mol. The van der Waals surface area contributed by atoms with Gasteiger partial charge in [-0.1, -0.05) is 44.0 Å². The van der Waals surface area contributed by atoms with Crippen molar-refractivity contribution in [2.24, 2.45) is 0 Å². The maximum absolute atomic E-state index is 9.70. The molecule has 0 radical (unpaired) electrons. The number of likely N-dealkylation sites (tertiary alicyclic amines) is 1. The van der Waals surface area contributed by atoms with Crippen LogP contribution in [0.25, 0.3) is 0 Å². The third-order valence-electron chi connectivity index (χ3n) is 4.52. The van der Waals surface area contributed by atoms with Crippen LogP contribution in [0.3, 0.4) is 0 Å². The minimum absolute atomic E-state index is 0.363. The highest BCUT2D eigenvalue weighted by Gasteiger charge is 2.32. The smallest absolute Gasteiger partial charge is 0.110 e. The molecule has 0 bridgehead atoms. The van der Waals surface area contributed by atoms with Crippen LogP contribution in [-0.2, 0) is 12.8 Å². The van der Waals surface area contributed by atoms with Crippen LogP contribution in [0.5, 0.6) is 0 Å². The third-order valence-corrected chi connectivity index (χ3v) is 4.52. The normalized spacial score (nSPS) is 19.9. The lowest BCUT2D eigenvalue weighted by Gasteiger charge is -2.35. The summed E-state index contributed by atoms with van der Waals surface area (Å²) < 4.78 is 0. The van der Waals surface area contributed by atoms with Gasteiger partial charge in [0.1, 0.15) is 5.54 Å². The first-order valence-electron chi connectivity index (χ1n) is 7.92. The Balaban J connectivity index is 2.11. The minimum Gasteiger partial charge on any atom is -0.285 e. The second kappa shape index (κ2) is 6.90. The van der Waals surface area contributed by atoms with Crippen LogP contribution in [0.15, 0.2) is 24.3 Å². The Hall–Kier alpha value is -1.33. The van der Waals surface area contributed by atoms with Crippen molar-refractivity contribution >= 4 is 0 Å². The second-order valence-electron chi connectivity index (χ2n) is 6.13. The zero-order valence-electron chi connectivity index (χ0n) is 12.9. The fourth-order valence-electron chi connectivity index (χ4n) is 3.08. The van der Waals surface area contributed by atoms with Crippen molar-refractivity contribution in [2.45, 2.75) is 57.9 Å². The lowest BCUT2D eigenvalue weighted by molar-refractivity contribution is 0.157. The van der Waals surface area contributed by atoms with Gasteiger partial charge in [0.2, 0.25) is 0 Å². The van der Waals surface area contributed by atoms with Gasteiger partial charge in [-0.3, -0.25) is 4.90 Å². The maximum atomic E-state index is 9.70. The second-order valence-corrected chi connectivity index (χ2v) is 6.13. The van der Waals surface area contributed by atoms with Gasteiger partial charge in [-0.25, -0.2) is 0 Å². The first-order chi connectivity index (χ1) is 9.68. The molecule has 0 aliphatic carbocycles. The molecule has 20 heavy (non-hydrogen) atoms. The number of rotatable bonds is 4. The topological polar surface area (TPSA) is 27.0 Å². The summed E-state index contributed by atoms with van der Waals surface area (Å²) in [5.41, 5.74) is 2.27. The highest BCUT2D eigenvalue weighted by molar-refractivity contribution is 5.26. The number of aryl methyl sites for hydroxylation is 1. The van der Waals surface area contributed by atoms with Gasteiger partial charge in [0.25, 0.3) is 0 Å². The molecule has 1 aliphatic heterocycles. The van der Waals surface area contributed by atoms with Crippen LogP contribution in [0, 0.1) is 11.3 Å². The first-order valence-corrected chi connectivity index (χ1v) is 7.92. The van der Waals surface area contributed by atoms with E-state index < -0.39 is 0 Å². The van der Waals surface area contributed by atoms with Crippen molar-refractivity contribution in [2.75, 3.05) is 13.1 Å². The van der Waals surface area contributed by atoms with Gasteiger partial charge in [-0.15, -0.1) is 0 Å². The lowest BCUT2D eigenvalue weighted by atomic mass is 9.91. The molecule has 0 N–H and O–H groups in total. The van der Waals surface area contributed by atoms with Gasteiger partial charge in [0, 0.05) is 6.42 Å². The SMILES string of the molecule is CCc1ccc(CC(C)(C#N)N2CCCCCC2)cc1. The predicted octanol–water partition coefficient (Wildman–Crippen LogP) is 3.95. The van der Waals surface area contributed by atoms with E-state index in [9.17, 15) is 5.26 Å². The quantitative estimate of drug-likeness (QED) is 0.828. The van der Waals surface area contributed by atoms with Crippen LogP contribution < -0.4 is 0 Å². The Morgan fingerprint density at radius 3 is 2.10 bits per heavy atom. The molecule has 1 aromatic carbocycles. The van der Waals surface area contributed by atoms with E-state index in [0.29, 0.717) is 0 Å². The van der Waals surface area contributed by atoms with Gasteiger partial charge in [-0.05, 0) is 50.4 Å². The van der Waals surface area contributed by atoms with Crippen LogP contribution in [0.1, 0.15) is 50.7 Å². The van der Waals surface area contributed by atoms with Gasteiger partial charge in [0.15, 0.2) is 0 Å². The van der Waals surface area contributed by atoms with Crippen LogP contribution in [-0.4, -0.2) is 23.5 Å². The van der Waals surface area contributed by atoms with E-state index in [4.69, 9.17) is 0 Å². The van der Waals surface area contributed by atoms with Crippen LogP contribution in [0.2, 0.25) is 0 Å². The summed E-state index contributed by atoms with van der Waals surface area (Å²) in [7, 11) is 0. The Bertz CT molecular complexity index is 449. The number of nitrogens with zero attached hydrogens (tertiary/aromatic N) is 2. The third kappa shape index (κ3) is 3.61. The van der Waals surface area contributed by atoms with Crippen molar-refractivity contribution in [3.05, 3.63) is 35.4 Å². The van der Waals surface area contributed by atoms with Crippen molar-refractivity contribution < 1.29 is 0 Å². The van der Waals surface area contributed by atoms with Gasteiger partial charge >= 0.3 is 0 Å². The average Bonchev–Trinajstić information content (AvgIpc) is 2.77. The molecule has 0 spiro atoms. The van der Waals surface area contributed by atoms with Crippen molar-refractivity contribution in [1.82, 2.24) is 4.90 Å². The molecular weight excluding hydrogens is 244 g/mol.